The Labute approximate surface area is 148 Å². The number of carbonyl (C=O) groups is 1. The summed E-state index contributed by atoms with van der Waals surface area (Å²) in [5.74, 6) is 2.07. The van der Waals surface area contributed by atoms with Gasteiger partial charge in [-0.2, -0.15) is 0 Å². The largest absolute Gasteiger partial charge is 0.477 e. The number of carbonyl (C=O) groups excluding carboxylic acids is 1. The van der Waals surface area contributed by atoms with Crippen molar-refractivity contribution in [3.63, 3.8) is 0 Å². The second kappa shape index (κ2) is 6.83. The van der Waals surface area contributed by atoms with E-state index in [2.05, 4.69) is 17.2 Å². The van der Waals surface area contributed by atoms with Gasteiger partial charge in [0.25, 0.3) is 0 Å². The number of ether oxygens (including phenoxy) is 1. The van der Waals surface area contributed by atoms with Crippen LogP contribution in [0.2, 0.25) is 0 Å². The molecule has 0 spiro atoms. The lowest BCUT2D eigenvalue weighted by Gasteiger charge is -2.29. The van der Waals surface area contributed by atoms with E-state index in [4.69, 9.17) is 4.74 Å². The van der Waals surface area contributed by atoms with Crippen LogP contribution in [0.25, 0.3) is 0 Å². The highest BCUT2D eigenvalue weighted by Crippen LogP contribution is 2.54. The molecule has 2 aliphatic carbocycles. The Kier molecular flexibility index (Phi) is 4.54. The highest BCUT2D eigenvalue weighted by Gasteiger charge is 2.59. The summed E-state index contributed by atoms with van der Waals surface area (Å²) in [7, 11) is 0. The van der Waals surface area contributed by atoms with Gasteiger partial charge in [-0.15, -0.1) is 0 Å². The number of urea groups is 1. The Morgan fingerprint density at radius 1 is 1.44 bits per heavy atom. The molecule has 136 valence electrons. The molecule has 5 atom stereocenters. The molecule has 1 aromatic heterocycles. The van der Waals surface area contributed by atoms with Crippen molar-refractivity contribution in [1.82, 2.24) is 15.2 Å². The molecule has 1 aromatic rings. The molecule has 2 bridgehead atoms. The van der Waals surface area contributed by atoms with Crippen molar-refractivity contribution in [1.29, 1.82) is 0 Å². The Hall–Kier alpha value is -1.82. The van der Waals surface area contributed by atoms with Crippen molar-refractivity contribution in [2.75, 3.05) is 13.2 Å². The maximum atomic E-state index is 12.7. The molecule has 25 heavy (non-hydrogen) atoms. The van der Waals surface area contributed by atoms with Crippen LogP contribution in [0.3, 0.4) is 0 Å². The molecule has 4 rings (SSSR count). The summed E-state index contributed by atoms with van der Waals surface area (Å²) >= 11 is 0. The van der Waals surface area contributed by atoms with Gasteiger partial charge in [-0.1, -0.05) is 19.4 Å². The van der Waals surface area contributed by atoms with Gasteiger partial charge in [0.2, 0.25) is 5.88 Å². The topological polar surface area (TPSA) is 74.7 Å². The Morgan fingerprint density at radius 3 is 3.12 bits per heavy atom. The first-order valence-electron chi connectivity index (χ1n) is 9.48. The number of hydrogen-bond donors (Lipinski definition) is 2. The van der Waals surface area contributed by atoms with Gasteiger partial charge < -0.3 is 20.1 Å². The fraction of sp³-hybridized carbons (Fsp3) is 0.684. The van der Waals surface area contributed by atoms with Gasteiger partial charge in [0.1, 0.15) is 0 Å². The normalized spacial score (nSPS) is 32.2. The van der Waals surface area contributed by atoms with Crippen LogP contribution in [-0.4, -0.2) is 46.3 Å². The molecule has 0 aromatic carbocycles. The maximum absolute atomic E-state index is 12.7. The zero-order valence-electron chi connectivity index (χ0n) is 14.7. The zero-order valence-corrected chi connectivity index (χ0v) is 14.7. The predicted molar refractivity (Wildman–Crippen MR) is 93.1 cm³/mol. The number of hydrogen-bond acceptors (Lipinski definition) is 4. The summed E-state index contributed by atoms with van der Waals surface area (Å²) in [5.41, 5.74) is 0.888. The lowest BCUT2D eigenvalue weighted by atomic mass is 9.88. The lowest BCUT2D eigenvalue weighted by molar-refractivity contribution is 0.0608. The van der Waals surface area contributed by atoms with E-state index in [1.54, 1.807) is 6.20 Å². The van der Waals surface area contributed by atoms with Gasteiger partial charge in [-0.25, -0.2) is 9.78 Å². The second-order valence-corrected chi connectivity index (χ2v) is 7.62. The van der Waals surface area contributed by atoms with Crippen molar-refractivity contribution >= 4 is 6.03 Å². The molecule has 2 saturated carbocycles. The van der Waals surface area contributed by atoms with E-state index in [-0.39, 0.29) is 18.2 Å². The van der Waals surface area contributed by atoms with E-state index in [0.29, 0.717) is 36.8 Å². The average molecular weight is 345 g/mol. The van der Waals surface area contributed by atoms with Crippen LogP contribution in [-0.2, 0) is 6.54 Å². The van der Waals surface area contributed by atoms with Gasteiger partial charge in [0, 0.05) is 24.8 Å². The number of amides is 2. The van der Waals surface area contributed by atoms with Crippen molar-refractivity contribution in [2.45, 2.75) is 51.3 Å². The SMILES string of the molecule is CCCCOc1ncccc1CNC(=O)N1C[C@@H]2C[C@H]3C[C@H]2[C@H]1[C@@H]3O. The standard InChI is InChI=1S/C19H27N3O3/c1-2-3-7-25-18-12(5-4-6-20-18)10-21-19(24)22-11-14-8-13-9-15(14)16(22)17(13)23/h4-6,13-17,23H,2-3,7-11H2,1H3,(H,21,24)/t13-,14-,15+,16-,17+/m0/s1. The van der Waals surface area contributed by atoms with Crippen molar-refractivity contribution in [3.05, 3.63) is 23.9 Å². The number of likely N-dealkylation sites (tertiary alicyclic amines) is 1. The molecule has 6 nitrogen and oxygen atoms in total. The number of nitrogens with one attached hydrogen (secondary N) is 1. The summed E-state index contributed by atoms with van der Waals surface area (Å²) < 4.78 is 5.73. The van der Waals surface area contributed by atoms with Gasteiger partial charge >= 0.3 is 6.03 Å². The number of fused-ring (bicyclic) bond motifs is 1. The summed E-state index contributed by atoms with van der Waals surface area (Å²) in [5, 5.41) is 13.4. The quantitative estimate of drug-likeness (QED) is 0.775. The van der Waals surface area contributed by atoms with Crippen molar-refractivity contribution < 1.29 is 14.6 Å². The average Bonchev–Trinajstić information content (AvgIpc) is 3.23. The third kappa shape index (κ3) is 2.97. The summed E-state index contributed by atoms with van der Waals surface area (Å²) in [6.07, 6.45) is 5.57. The molecular formula is C19H27N3O3. The Bertz CT molecular complexity index is 636. The van der Waals surface area contributed by atoms with E-state index in [9.17, 15) is 9.90 Å². The van der Waals surface area contributed by atoms with Gasteiger partial charge in [-0.05, 0) is 43.1 Å². The minimum absolute atomic E-state index is 0.0120. The van der Waals surface area contributed by atoms with Crippen LogP contribution in [0, 0.1) is 17.8 Å². The molecule has 1 aliphatic heterocycles. The van der Waals surface area contributed by atoms with E-state index in [1.165, 1.54) is 0 Å². The van der Waals surface area contributed by atoms with Crippen LogP contribution in [0.4, 0.5) is 4.79 Å². The highest BCUT2D eigenvalue weighted by molar-refractivity contribution is 5.75. The lowest BCUT2D eigenvalue weighted by Crippen LogP contribution is -2.47. The highest BCUT2D eigenvalue weighted by atomic mass is 16.5. The van der Waals surface area contributed by atoms with Crippen LogP contribution >= 0.6 is 0 Å². The molecule has 1 saturated heterocycles. The molecule has 2 N–H and O–H groups in total. The number of aliphatic hydroxyl groups excluding tert-OH is 1. The second-order valence-electron chi connectivity index (χ2n) is 7.62. The van der Waals surface area contributed by atoms with Crippen LogP contribution in [0.5, 0.6) is 5.88 Å². The van der Waals surface area contributed by atoms with Gasteiger partial charge in [0.15, 0.2) is 0 Å². The van der Waals surface area contributed by atoms with Gasteiger partial charge in [-0.3, -0.25) is 0 Å². The first-order chi connectivity index (χ1) is 12.2. The monoisotopic (exact) mass is 345 g/mol. The molecule has 2 heterocycles. The van der Waals surface area contributed by atoms with Gasteiger partial charge in [0.05, 0.1) is 18.8 Å². The number of rotatable bonds is 6. The number of nitrogens with zero attached hydrogens (tertiary/aromatic N) is 2. The number of pyridine rings is 1. The first-order valence-corrected chi connectivity index (χ1v) is 9.48. The fourth-order valence-electron chi connectivity index (χ4n) is 4.92. The van der Waals surface area contributed by atoms with E-state index < -0.39 is 0 Å². The van der Waals surface area contributed by atoms with Crippen LogP contribution < -0.4 is 10.1 Å². The van der Waals surface area contributed by atoms with E-state index in [0.717, 1.165) is 37.8 Å². The minimum Gasteiger partial charge on any atom is -0.477 e. The summed E-state index contributed by atoms with van der Waals surface area (Å²) in [4.78, 5) is 18.8. The third-order valence-corrected chi connectivity index (χ3v) is 6.13. The van der Waals surface area contributed by atoms with E-state index in [1.807, 2.05) is 17.0 Å². The Morgan fingerprint density at radius 2 is 2.32 bits per heavy atom. The zero-order chi connectivity index (χ0) is 17.4. The molecule has 3 aliphatic rings. The summed E-state index contributed by atoms with van der Waals surface area (Å²) in [6, 6.07) is 3.72. The molecule has 2 amide bonds. The molecular weight excluding hydrogens is 318 g/mol. The number of aromatic nitrogens is 1. The maximum Gasteiger partial charge on any atom is 0.318 e. The number of unbranched alkanes of at least 4 members (excludes halogenated alkanes) is 1. The van der Waals surface area contributed by atoms with Crippen molar-refractivity contribution in [3.8, 4) is 5.88 Å². The molecule has 3 fully saturated rings. The molecule has 0 unspecified atom stereocenters. The third-order valence-electron chi connectivity index (χ3n) is 6.13. The van der Waals surface area contributed by atoms with Crippen molar-refractivity contribution in [2.24, 2.45) is 17.8 Å². The molecule has 0 radical (unpaired) electrons. The smallest absolute Gasteiger partial charge is 0.318 e. The fourth-order valence-corrected chi connectivity index (χ4v) is 4.92. The minimum atomic E-state index is -0.346. The first kappa shape index (κ1) is 16.6. The van der Waals surface area contributed by atoms with Crippen LogP contribution in [0.15, 0.2) is 18.3 Å². The Balaban J connectivity index is 1.37. The van der Waals surface area contributed by atoms with E-state index >= 15 is 0 Å². The summed E-state index contributed by atoms with van der Waals surface area (Å²) in [6.45, 7) is 3.93. The number of aliphatic hydroxyl groups is 1. The molecule has 6 heteroatoms. The predicted octanol–water partition coefficient (Wildman–Crippen LogP) is 2.17. The van der Waals surface area contributed by atoms with Crippen LogP contribution in [0.1, 0.15) is 38.2 Å².